The summed E-state index contributed by atoms with van der Waals surface area (Å²) in [6, 6.07) is 7.24. The molecule has 0 radical (unpaired) electrons. The summed E-state index contributed by atoms with van der Waals surface area (Å²) < 4.78 is 0. The second-order valence-corrected chi connectivity index (χ2v) is 5.41. The molecule has 1 aliphatic heterocycles. The van der Waals surface area contributed by atoms with Gasteiger partial charge in [0.25, 0.3) is 5.91 Å². The van der Waals surface area contributed by atoms with Crippen LogP contribution in [-0.2, 0) is 4.79 Å². The minimum atomic E-state index is -0.107. The van der Waals surface area contributed by atoms with Crippen LogP contribution in [-0.4, -0.2) is 48.4 Å². The summed E-state index contributed by atoms with van der Waals surface area (Å²) in [5.74, 6) is -0.107. The van der Waals surface area contributed by atoms with Crippen molar-refractivity contribution in [3.8, 4) is 0 Å². The molecule has 0 unspecified atom stereocenters. The minimum absolute atomic E-state index is 0.0610. The zero-order valence-corrected chi connectivity index (χ0v) is 14.2. The molecule has 1 aromatic rings. The van der Waals surface area contributed by atoms with Gasteiger partial charge in [0.05, 0.1) is 24.3 Å². The highest BCUT2D eigenvalue weighted by atomic mass is 16.3. The molecule has 7 nitrogen and oxygen atoms in total. The predicted molar refractivity (Wildman–Crippen MR) is 101 cm³/mol. The Morgan fingerprint density at radius 2 is 2.24 bits per heavy atom. The smallest absolute Gasteiger partial charge is 0.253 e. The summed E-state index contributed by atoms with van der Waals surface area (Å²) in [5, 5.41) is 15.2. The number of nitrogens with zero attached hydrogens (tertiary/aromatic N) is 4. The normalized spacial score (nSPS) is 15.8. The van der Waals surface area contributed by atoms with Gasteiger partial charge >= 0.3 is 0 Å². The number of hydrogen-bond donors (Lipinski definition) is 2. The van der Waals surface area contributed by atoms with Crippen LogP contribution < -0.4 is 10.6 Å². The third-order valence-electron chi connectivity index (χ3n) is 3.61. The Balaban J connectivity index is 2.16. The molecule has 0 spiro atoms. The highest BCUT2D eigenvalue weighted by Crippen LogP contribution is 2.28. The number of carbonyl (C=O) groups excluding carboxylic acids is 1. The first-order valence-electron chi connectivity index (χ1n) is 8.05. The van der Waals surface area contributed by atoms with E-state index in [2.05, 4.69) is 10.1 Å². The number of carbonyl (C=O) groups is 1. The number of nitrogens with two attached hydrogens (primary N) is 1. The highest BCUT2D eigenvalue weighted by molar-refractivity contribution is 6.12. The number of aliphatic imine (C=N–C) groups is 1. The number of anilines is 1. The summed E-state index contributed by atoms with van der Waals surface area (Å²) in [6.45, 7) is 2.62. The lowest BCUT2D eigenvalue weighted by molar-refractivity contribution is -0.119. The Kier molecular flexibility index (Phi) is 6.91. The van der Waals surface area contributed by atoms with Crippen LogP contribution in [0.5, 0.6) is 0 Å². The van der Waals surface area contributed by atoms with Gasteiger partial charge < -0.3 is 10.8 Å². The van der Waals surface area contributed by atoms with Gasteiger partial charge in [0.1, 0.15) is 12.9 Å². The maximum atomic E-state index is 12.5. The molecule has 1 heterocycles. The van der Waals surface area contributed by atoms with Crippen molar-refractivity contribution in [3.05, 3.63) is 48.1 Å². The van der Waals surface area contributed by atoms with Gasteiger partial charge in [-0.2, -0.15) is 5.10 Å². The molecule has 3 N–H and O–H groups in total. The van der Waals surface area contributed by atoms with Crippen molar-refractivity contribution >= 4 is 30.0 Å². The Morgan fingerprint density at radius 3 is 2.92 bits per heavy atom. The number of benzene rings is 1. The zero-order valence-electron chi connectivity index (χ0n) is 14.2. The lowest BCUT2D eigenvalue weighted by atomic mass is 10.1. The molecule has 2 rings (SSSR count). The quantitative estimate of drug-likeness (QED) is 0.449. The van der Waals surface area contributed by atoms with Gasteiger partial charge in [-0.15, -0.1) is 0 Å². The number of aliphatic hydroxyl groups is 1. The molecule has 0 saturated heterocycles. The Morgan fingerprint density at radius 1 is 1.44 bits per heavy atom. The van der Waals surface area contributed by atoms with Gasteiger partial charge in [0, 0.05) is 6.61 Å². The van der Waals surface area contributed by atoms with Gasteiger partial charge in [0.2, 0.25) is 0 Å². The molecule has 0 fully saturated rings. The van der Waals surface area contributed by atoms with Gasteiger partial charge in [-0.1, -0.05) is 30.4 Å². The van der Waals surface area contributed by atoms with E-state index in [-0.39, 0.29) is 19.1 Å². The molecular weight excluding hydrogens is 318 g/mol. The van der Waals surface area contributed by atoms with Crippen molar-refractivity contribution in [1.29, 1.82) is 0 Å². The van der Waals surface area contributed by atoms with E-state index in [0.717, 1.165) is 5.57 Å². The van der Waals surface area contributed by atoms with Gasteiger partial charge in [-0.3, -0.25) is 14.7 Å². The highest BCUT2D eigenvalue weighted by Gasteiger charge is 2.23. The maximum Gasteiger partial charge on any atom is 0.253 e. The molecule has 0 saturated carbocycles. The summed E-state index contributed by atoms with van der Waals surface area (Å²) >= 11 is 0. The second-order valence-electron chi connectivity index (χ2n) is 5.41. The second kappa shape index (κ2) is 9.39. The molecule has 0 atom stereocenters. The van der Waals surface area contributed by atoms with E-state index in [0.29, 0.717) is 24.3 Å². The first-order chi connectivity index (χ1) is 12.2. The van der Waals surface area contributed by atoms with Crippen LogP contribution in [0, 0.1) is 0 Å². The van der Waals surface area contributed by atoms with Crippen LogP contribution in [0.2, 0.25) is 0 Å². The molecule has 25 heavy (non-hydrogen) atoms. The van der Waals surface area contributed by atoms with Crippen molar-refractivity contribution in [3.63, 3.8) is 0 Å². The Labute approximate surface area is 147 Å². The van der Waals surface area contributed by atoms with E-state index >= 15 is 0 Å². The fourth-order valence-corrected chi connectivity index (χ4v) is 2.44. The van der Waals surface area contributed by atoms with Crippen LogP contribution in [0.15, 0.2) is 58.2 Å². The fourth-order valence-electron chi connectivity index (χ4n) is 2.44. The number of aliphatic hydroxyl groups excluding tert-OH is 1. The summed E-state index contributed by atoms with van der Waals surface area (Å²) in [4.78, 5) is 18.1. The number of para-hydroxylation sites is 2. The number of rotatable bonds is 7. The summed E-state index contributed by atoms with van der Waals surface area (Å²) in [5.41, 5.74) is 7.62. The lowest BCUT2D eigenvalue weighted by Crippen LogP contribution is -2.43. The number of hydrogen-bond acceptors (Lipinski definition) is 5. The molecule has 7 heteroatoms. The Bertz CT molecular complexity index is 709. The first kappa shape index (κ1) is 18.4. The SMILES string of the molecule is C/C=C\C=C(/CCO)CN1CC(=O)N(c2ccccc2N=CN)C=N1. The largest absolute Gasteiger partial charge is 0.396 e. The Hall–Kier alpha value is -2.93. The third kappa shape index (κ3) is 5.02. The van der Waals surface area contributed by atoms with E-state index in [4.69, 9.17) is 10.8 Å². The van der Waals surface area contributed by atoms with Crippen molar-refractivity contribution < 1.29 is 9.90 Å². The van der Waals surface area contributed by atoms with Crippen LogP contribution in [0.4, 0.5) is 11.4 Å². The third-order valence-corrected chi connectivity index (χ3v) is 3.61. The lowest BCUT2D eigenvalue weighted by Gasteiger charge is -2.29. The van der Waals surface area contributed by atoms with Crippen LogP contribution in [0.25, 0.3) is 0 Å². The van der Waals surface area contributed by atoms with E-state index in [1.165, 1.54) is 17.6 Å². The molecule has 0 bridgehead atoms. The molecule has 0 aromatic heterocycles. The van der Waals surface area contributed by atoms with Crippen LogP contribution in [0.3, 0.4) is 0 Å². The molecule has 0 aliphatic carbocycles. The van der Waals surface area contributed by atoms with Crippen molar-refractivity contribution in [1.82, 2.24) is 5.01 Å². The van der Waals surface area contributed by atoms with E-state index in [9.17, 15) is 4.79 Å². The number of amides is 1. The van der Waals surface area contributed by atoms with Gasteiger partial charge in [0.15, 0.2) is 0 Å². The van der Waals surface area contributed by atoms with E-state index in [1.807, 2.05) is 37.3 Å². The van der Waals surface area contributed by atoms with Crippen LogP contribution in [0.1, 0.15) is 13.3 Å². The number of allylic oxidation sites excluding steroid dienone is 3. The monoisotopic (exact) mass is 341 g/mol. The molecule has 1 aliphatic rings. The van der Waals surface area contributed by atoms with Crippen LogP contribution >= 0.6 is 0 Å². The van der Waals surface area contributed by atoms with E-state index < -0.39 is 0 Å². The molecule has 132 valence electrons. The van der Waals surface area contributed by atoms with E-state index in [1.54, 1.807) is 17.1 Å². The van der Waals surface area contributed by atoms with Crippen molar-refractivity contribution in [2.45, 2.75) is 13.3 Å². The predicted octanol–water partition coefficient (Wildman–Crippen LogP) is 1.78. The fraction of sp³-hybridized carbons (Fsp3) is 0.278. The number of hydrazone groups is 1. The minimum Gasteiger partial charge on any atom is -0.396 e. The van der Waals surface area contributed by atoms with Gasteiger partial charge in [-0.05, 0) is 31.1 Å². The standard InChI is InChI=1S/C18H23N5O2/c1-2-3-6-15(9-10-24)11-22-12-18(25)23(14-21-22)17-8-5-4-7-16(17)20-13-19/h2-8,13-14,24H,9-12H2,1H3,(H2,19,20)/b3-2-,15-6+. The maximum absolute atomic E-state index is 12.5. The van der Waals surface area contributed by atoms with Crippen molar-refractivity contribution in [2.24, 2.45) is 15.8 Å². The average molecular weight is 341 g/mol. The molecule has 1 aromatic carbocycles. The first-order valence-corrected chi connectivity index (χ1v) is 8.05. The average Bonchev–Trinajstić information content (AvgIpc) is 2.61. The zero-order chi connectivity index (χ0) is 18.1. The van der Waals surface area contributed by atoms with Gasteiger partial charge in [-0.25, -0.2) is 4.99 Å². The summed E-state index contributed by atoms with van der Waals surface area (Å²) in [7, 11) is 0. The molecular formula is C18H23N5O2. The summed E-state index contributed by atoms with van der Waals surface area (Å²) in [6.07, 6.45) is 9.00. The topological polar surface area (TPSA) is 94.5 Å². The van der Waals surface area contributed by atoms with Crippen molar-refractivity contribution in [2.75, 3.05) is 24.6 Å². The molecule has 1 amide bonds.